The fraction of sp³-hybridized carbons (Fsp3) is 0.423. The number of carbonyl (C=O) groups excluding carboxylic acids is 2. The monoisotopic (exact) mass is 1090 g/mol. The van der Waals surface area contributed by atoms with Crippen LogP contribution in [0.1, 0.15) is 45.2 Å². The van der Waals surface area contributed by atoms with Crippen molar-refractivity contribution in [3.8, 4) is 22.5 Å². The molecule has 0 radical (unpaired) electrons. The lowest BCUT2D eigenvalue weighted by Gasteiger charge is -2.33. The summed E-state index contributed by atoms with van der Waals surface area (Å²) in [5.41, 5.74) is 10.1. The van der Waals surface area contributed by atoms with Crippen LogP contribution in [0.3, 0.4) is 0 Å². The zero-order valence-corrected chi connectivity index (χ0v) is 44.2. The number of ether oxygens (including phenoxy) is 4. The Morgan fingerprint density at radius 3 is 1.42 bits per heavy atom. The fourth-order valence-corrected chi connectivity index (χ4v) is 10.3. The molecule has 0 fully saturated rings. The van der Waals surface area contributed by atoms with Crippen molar-refractivity contribution >= 4 is 58.2 Å². The Kier molecular flexibility index (Phi) is 19.9. The van der Waals surface area contributed by atoms with Gasteiger partial charge in [-0.3, -0.25) is 9.59 Å². The molecule has 394 valence electrons. The van der Waals surface area contributed by atoms with Crippen molar-refractivity contribution < 1.29 is 38.7 Å². The number of nitrogens with one attached hydrogen (secondary N) is 2. The molecule has 74 heavy (non-hydrogen) atoms. The van der Waals surface area contributed by atoms with E-state index in [1.165, 1.54) is 0 Å². The molecule has 2 amide bonds. The van der Waals surface area contributed by atoms with Crippen molar-refractivity contribution in [2.45, 2.75) is 50.2 Å². The summed E-state index contributed by atoms with van der Waals surface area (Å²) in [5, 5.41) is 45.3. The first-order chi connectivity index (χ1) is 35.8. The van der Waals surface area contributed by atoms with E-state index < -0.39 is 24.0 Å². The number of halogens is 4. The highest BCUT2D eigenvalue weighted by Crippen LogP contribution is 2.41. The summed E-state index contributed by atoms with van der Waals surface area (Å²) in [6, 6.07) is 24.2. The van der Waals surface area contributed by atoms with Gasteiger partial charge in [-0.1, -0.05) is 93.2 Å². The van der Waals surface area contributed by atoms with E-state index in [-0.39, 0.29) is 51.4 Å². The average Bonchev–Trinajstić information content (AvgIpc) is 4.08. The zero-order chi connectivity index (χ0) is 52.1. The zero-order valence-electron chi connectivity index (χ0n) is 41.1. The number of nitrogens with zero attached hydrogens (tertiary/aromatic N) is 8. The maximum Gasteiger partial charge on any atom is 0.252 e. The number of aliphatic hydroxyl groups excluding tert-OH is 2. The second kappa shape index (κ2) is 26.6. The Bertz CT molecular complexity index is 2660. The standard InChI is InChI=1S/C52H60Cl4N10O8/c1-63-27-41(39-23-37(53)25-45(55)43(39)29-63)33-5-3-7-35(21-33)47-31-65(61-59-47)11-15-73-19-17-71-13-9-57-51(69)49(67)50(68)52(70)58-10-14-72-18-20-74-16-12-66-32-48(60-62-66)36-8-4-6-34(22-36)42-28-64(2)30-44-40(42)24-38(54)26-46(44)56/h3-8,21-26,31-32,41-42,49-50,67-68H,9-20,27-30H2,1-2H3,(H,57,69)(H,58,70)/t41-,42-,49?,50?/m0/s1. The fourth-order valence-electron chi connectivity index (χ4n) is 9.12. The molecule has 2 aliphatic heterocycles. The molecule has 2 aromatic heterocycles. The molecule has 0 saturated heterocycles. The Labute approximate surface area is 449 Å². The first-order valence-corrected chi connectivity index (χ1v) is 25.9. The van der Waals surface area contributed by atoms with Crippen molar-refractivity contribution in [3.63, 3.8) is 0 Å². The van der Waals surface area contributed by atoms with Gasteiger partial charge in [0.15, 0.2) is 12.2 Å². The van der Waals surface area contributed by atoms with Crippen molar-refractivity contribution in [1.29, 1.82) is 0 Å². The molecule has 22 heteroatoms. The predicted octanol–water partition coefficient (Wildman–Crippen LogP) is 5.69. The van der Waals surface area contributed by atoms with Crippen LogP contribution >= 0.6 is 46.4 Å². The van der Waals surface area contributed by atoms with Crippen LogP contribution in [-0.4, -0.2) is 167 Å². The number of hydrogen-bond donors (Lipinski definition) is 4. The van der Waals surface area contributed by atoms with Gasteiger partial charge in [0.2, 0.25) is 0 Å². The molecule has 2 aliphatic rings. The van der Waals surface area contributed by atoms with Gasteiger partial charge < -0.3 is 49.6 Å². The maximum atomic E-state index is 12.4. The highest BCUT2D eigenvalue weighted by atomic mass is 35.5. The third-order valence-corrected chi connectivity index (χ3v) is 13.9. The molecule has 4 aromatic carbocycles. The van der Waals surface area contributed by atoms with E-state index in [4.69, 9.17) is 65.4 Å². The second-order valence-electron chi connectivity index (χ2n) is 18.3. The summed E-state index contributed by atoms with van der Waals surface area (Å²) in [4.78, 5) is 29.3. The molecule has 0 saturated carbocycles. The van der Waals surface area contributed by atoms with E-state index in [0.717, 1.165) is 82.1 Å². The van der Waals surface area contributed by atoms with Crippen LogP contribution in [-0.2, 0) is 54.7 Å². The number of rotatable bonds is 25. The minimum Gasteiger partial charge on any atom is -0.380 e. The van der Waals surface area contributed by atoms with E-state index in [0.29, 0.717) is 59.6 Å². The third kappa shape index (κ3) is 14.7. The van der Waals surface area contributed by atoms with Gasteiger partial charge in [-0.25, -0.2) is 9.36 Å². The minimum absolute atomic E-state index is 0.0466. The molecule has 4 atom stereocenters. The number of likely N-dealkylation sites (N-methyl/N-ethyl adjacent to an activating group) is 2. The number of fused-ring (bicyclic) bond motifs is 2. The van der Waals surface area contributed by atoms with Gasteiger partial charge in [0.25, 0.3) is 11.8 Å². The molecule has 4 heterocycles. The van der Waals surface area contributed by atoms with E-state index in [1.54, 1.807) is 21.5 Å². The van der Waals surface area contributed by atoms with E-state index in [2.05, 4.69) is 79.4 Å². The molecular weight excluding hydrogens is 1030 g/mol. The predicted molar refractivity (Wildman–Crippen MR) is 282 cm³/mol. The van der Waals surface area contributed by atoms with E-state index in [9.17, 15) is 19.8 Å². The minimum atomic E-state index is -1.97. The topological polar surface area (TPSA) is 203 Å². The van der Waals surface area contributed by atoms with Crippen molar-refractivity contribution in [3.05, 3.63) is 139 Å². The largest absolute Gasteiger partial charge is 0.380 e. The summed E-state index contributed by atoms with van der Waals surface area (Å²) >= 11 is 26.0. The number of aliphatic hydroxyl groups is 2. The van der Waals surface area contributed by atoms with Gasteiger partial charge in [0, 0.05) is 82.3 Å². The van der Waals surface area contributed by atoms with Crippen LogP contribution < -0.4 is 10.6 Å². The number of carbonyl (C=O) groups is 2. The molecule has 0 aliphatic carbocycles. The van der Waals surface area contributed by atoms with E-state index in [1.807, 2.05) is 48.8 Å². The van der Waals surface area contributed by atoms with Gasteiger partial charge in [0.1, 0.15) is 11.4 Å². The van der Waals surface area contributed by atoms with E-state index >= 15 is 0 Å². The summed E-state index contributed by atoms with van der Waals surface area (Å²) in [7, 11) is 4.17. The van der Waals surface area contributed by atoms with Crippen LogP contribution in [0, 0.1) is 0 Å². The van der Waals surface area contributed by atoms with Crippen molar-refractivity contribution in [2.24, 2.45) is 0 Å². The molecule has 8 rings (SSSR count). The highest BCUT2D eigenvalue weighted by Gasteiger charge is 2.31. The number of aromatic nitrogens is 6. The Morgan fingerprint density at radius 1 is 0.595 bits per heavy atom. The lowest BCUT2D eigenvalue weighted by Crippen LogP contribution is -2.50. The second-order valence-corrected chi connectivity index (χ2v) is 20.0. The normalized spacial score (nSPS) is 16.6. The maximum absolute atomic E-state index is 12.4. The van der Waals surface area contributed by atoms with Crippen LogP contribution in [0.5, 0.6) is 0 Å². The summed E-state index contributed by atoms with van der Waals surface area (Å²) < 4.78 is 25.9. The molecule has 2 unspecified atom stereocenters. The van der Waals surface area contributed by atoms with Gasteiger partial charge >= 0.3 is 0 Å². The molecule has 4 N–H and O–H groups in total. The quantitative estimate of drug-likeness (QED) is 0.0509. The SMILES string of the molecule is CN1Cc2c(Cl)cc(Cl)cc2[C@H](c2cccc(-c3cn(CCOCCOCCNC(=O)C(O)C(O)C(=O)NCCOCCOCCn4cc(-c5cccc([C@@H]6CN(C)Cc7c(Cl)cc(Cl)cc76)c5)nn4)nn3)c2)C1. The number of benzene rings is 4. The first-order valence-electron chi connectivity index (χ1n) is 24.4. The Hall–Kier alpha value is -5.06. The lowest BCUT2D eigenvalue weighted by atomic mass is 9.84. The van der Waals surface area contributed by atoms with Crippen LogP contribution in [0.2, 0.25) is 20.1 Å². The van der Waals surface area contributed by atoms with Crippen LogP contribution in [0.25, 0.3) is 22.5 Å². The van der Waals surface area contributed by atoms with Crippen molar-refractivity contribution in [1.82, 2.24) is 50.4 Å². The molecule has 0 spiro atoms. The molecular formula is C52H60Cl4N10O8. The lowest BCUT2D eigenvalue weighted by molar-refractivity contribution is -0.146. The molecule has 0 bridgehead atoms. The van der Waals surface area contributed by atoms with Crippen molar-refractivity contribution in [2.75, 3.05) is 93.1 Å². The first kappa shape index (κ1) is 55.2. The third-order valence-electron chi connectivity index (χ3n) is 12.8. The van der Waals surface area contributed by atoms with Gasteiger partial charge in [-0.2, -0.15) is 0 Å². The number of amides is 2. The summed E-state index contributed by atoms with van der Waals surface area (Å²) in [5.74, 6) is -1.62. The summed E-state index contributed by atoms with van der Waals surface area (Å²) in [6.45, 7) is 6.35. The van der Waals surface area contributed by atoms with Gasteiger partial charge in [0.05, 0.1) is 78.3 Å². The van der Waals surface area contributed by atoms with Gasteiger partial charge in [-0.05, 0) is 83.9 Å². The highest BCUT2D eigenvalue weighted by molar-refractivity contribution is 6.35. The molecule has 6 aromatic rings. The molecule has 18 nitrogen and oxygen atoms in total. The Morgan fingerprint density at radius 2 is 1.00 bits per heavy atom. The smallest absolute Gasteiger partial charge is 0.252 e. The average molecular weight is 1090 g/mol. The number of hydrogen-bond acceptors (Lipinski definition) is 14. The van der Waals surface area contributed by atoms with Crippen LogP contribution in [0.4, 0.5) is 0 Å². The van der Waals surface area contributed by atoms with Gasteiger partial charge in [-0.15, -0.1) is 10.2 Å². The van der Waals surface area contributed by atoms with Crippen LogP contribution in [0.15, 0.2) is 85.2 Å². The summed E-state index contributed by atoms with van der Waals surface area (Å²) in [6.07, 6.45) is -0.191. The Balaban J connectivity index is 0.638.